The molecule has 1 heterocycles. The Hall–Kier alpha value is -2.66. The summed E-state index contributed by atoms with van der Waals surface area (Å²) in [6, 6.07) is 12.1. The number of esters is 1. The number of carbonyl (C=O) groups excluding carboxylic acids is 1. The molecular formula is C31H38ClNO4. The van der Waals surface area contributed by atoms with Crippen LogP contribution in [0.5, 0.6) is 5.75 Å². The second-order valence-corrected chi connectivity index (χ2v) is 12.3. The van der Waals surface area contributed by atoms with Crippen molar-refractivity contribution in [2.75, 3.05) is 31.7 Å². The van der Waals surface area contributed by atoms with Crippen LogP contribution in [0.25, 0.3) is 0 Å². The van der Waals surface area contributed by atoms with Crippen molar-refractivity contribution in [1.82, 2.24) is 0 Å². The van der Waals surface area contributed by atoms with Crippen LogP contribution < -0.4 is 9.64 Å². The lowest BCUT2D eigenvalue weighted by Gasteiger charge is -2.44. The fraction of sp³-hybridized carbons (Fsp3) is 0.516. The molecule has 1 aliphatic heterocycles. The van der Waals surface area contributed by atoms with Crippen molar-refractivity contribution in [3.63, 3.8) is 0 Å². The van der Waals surface area contributed by atoms with Crippen LogP contribution in [0.3, 0.4) is 0 Å². The van der Waals surface area contributed by atoms with Crippen molar-refractivity contribution in [3.8, 4) is 5.75 Å². The summed E-state index contributed by atoms with van der Waals surface area (Å²) < 4.78 is 17.5. The molecule has 3 atom stereocenters. The van der Waals surface area contributed by atoms with Gasteiger partial charge in [0.1, 0.15) is 11.4 Å². The Morgan fingerprint density at radius 1 is 1.22 bits per heavy atom. The van der Waals surface area contributed by atoms with Gasteiger partial charge in [0.25, 0.3) is 0 Å². The summed E-state index contributed by atoms with van der Waals surface area (Å²) in [5.74, 6) is 1.54. The molecule has 1 saturated carbocycles. The molecule has 37 heavy (non-hydrogen) atoms. The lowest BCUT2D eigenvalue weighted by Crippen LogP contribution is -2.48. The molecule has 5 rings (SSSR count). The zero-order valence-electron chi connectivity index (χ0n) is 22.4. The lowest BCUT2D eigenvalue weighted by molar-refractivity contribution is 0.00695. The Morgan fingerprint density at radius 3 is 2.78 bits per heavy atom. The van der Waals surface area contributed by atoms with E-state index in [1.807, 2.05) is 45.0 Å². The van der Waals surface area contributed by atoms with Crippen LogP contribution in [0.4, 0.5) is 5.69 Å². The average molecular weight is 524 g/mol. The second kappa shape index (κ2) is 10.2. The van der Waals surface area contributed by atoms with E-state index in [1.54, 1.807) is 13.4 Å². The summed E-state index contributed by atoms with van der Waals surface area (Å²) in [5.41, 5.74) is 3.51. The quantitative estimate of drug-likeness (QED) is 0.313. The van der Waals surface area contributed by atoms with Crippen LogP contribution in [0, 0.1) is 11.8 Å². The third-order valence-electron chi connectivity index (χ3n) is 8.06. The first-order chi connectivity index (χ1) is 17.7. The second-order valence-electron chi connectivity index (χ2n) is 11.9. The summed E-state index contributed by atoms with van der Waals surface area (Å²) in [6.07, 6.45) is 9.55. The zero-order valence-corrected chi connectivity index (χ0v) is 23.1. The van der Waals surface area contributed by atoms with Gasteiger partial charge in [-0.1, -0.05) is 17.7 Å². The number of halogens is 1. The minimum atomic E-state index is -0.552. The first kappa shape index (κ1) is 26.0. The number of aryl methyl sites for hydroxylation is 1. The van der Waals surface area contributed by atoms with Gasteiger partial charge in [0.05, 0.1) is 31.2 Å². The van der Waals surface area contributed by atoms with Crippen LogP contribution >= 0.6 is 11.6 Å². The number of ether oxygens (including phenoxy) is 3. The number of benzene rings is 2. The number of fused-ring (bicyclic) bond motifs is 3. The molecule has 1 fully saturated rings. The maximum Gasteiger partial charge on any atom is 0.338 e. The fourth-order valence-electron chi connectivity index (χ4n) is 6.12. The highest BCUT2D eigenvalue weighted by Crippen LogP contribution is 2.46. The van der Waals surface area contributed by atoms with Gasteiger partial charge in [-0.2, -0.15) is 0 Å². The van der Waals surface area contributed by atoms with Gasteiger partial charge in [-0.25, -0.2) is 4.79 Å². The highest BCUT2D eigenvalue weighted by molar-refractivity contribution is 6.30. The predicted octanol–water partition coefficient (Wildman–Crippen LogP) is 6.95. The van der Waals surface area contributed by atoms with E-state index < -0.39 is 5.60 Å². The van der Waals surface area contributed by atoms with Crippen LogP contribution in [-0.4, -0.2) is 38.4 Å². The maximum absolute atomic E-state index is 13.0. The molecule has 2 aliphatic carbocycles. The Morgan fingerprint density at radius 2 is 2.05 bits per heavy atom. The first-order valence-corrected chi connectivity index (χ1v) is 13.8. The normalized spacial score (nSPS) is 25.1. The van der Waals surface area contributed by atoms with Gasteiger partial charge in [0.15, 0.2) is 0 Å². The van der Waals surface area contributed by atoms with E-state index in [4.69, 9.17) is 25.8 Å². The van der Waals surface area contributed by atoms with E-state index in [0.29, 0.717) is 24.0 Å². The van der Waals surface area contributed by atoms with Crippen LogP contribution in [0.2, 0.25) is 5.02 Å². The standard InChI is InChI=1S/C31H38ClNO4/c1-30(2,3)37-29(34)23-9-12-28-27(17-23)33(18-24-8-7-21(24)13-15-35-4)19-31(20-36-28)14-5-6-22-16-25(32)10-11-26(22)31/h9-13,15-17,21,24H,5-8,14,18-20H2,1-4H3/b15-13+/t21-,24-,31?/m0/s1. The minimum absolute atomic E-state index is 0.134. The third kappa shape index (κ3) is 5.47. The van der Waals surface area contributed by atoms with E-state index in [0.717, 1.165) is 48.8 Å². The van der Waals surface area contributed by atoms with Gasteiger partial charge in [-0.15, -0.1) is 0 Å². The Balaban J connectivity index is 1.52. The number of hydrogen-bond acceptors (Lipinski definition) is 5. The third-order valence-corrected chi connectivity index (χ3v) is 8.30. The summed E-state index contributed by atoms with van der Waals surface area (Å²) in [5, 5.41) is 0.787. The molecule has 0 amide bonds. The molecule has 3 aliphatic rings. The molecule has 6 heteroatoms. The number of allylic oxidation sites excluding steroid dienone is 1. The molecule has 0 saturated heterocycles. The molecule has 5 nitrogen and oxygen atoms in total. The Kier molecular flexibility index (Phi) is 7.19. The summed E-state index contributed by atoms with van der Waals surface area (Å²) in [7, 11) is 1.70. The highest BCUT2D eigenvalue weighted by atomic mass is 35.5. The van der Waals surface area contributed by atoms with Crippen molar-refractivity contribution in [2.45, 2.75) is 63.9 Å². The average Bonchev–Trinajstić information content (AvgIpc) is 2.98. The molecule has 2 aromatic rings. The molecule has 1 spiro atoms. The van der Waals surface area contributed by atoms with E-state index in [9.17, 15) is 4.79 Å². The number of carbonyl (C=O) groups is 1. The van der Waals surface area contributed by atoms with Crippen LogP contribution in [-0.2, 0) is 21.3 Å². The van der Waals surface area contributed by atoms with Crippen LogP contribution in [0.1, 0.15) is 67.9 Å². The van der Waals surface area contributed by atoms with Crippen molar-refractivity contribution in [2.24, 2.45) is 11.8 Å². The smallest absolute Gasteiger partial charge is 0.338 e. The van der Waals surface area contributed by atoms with E-state index in [2.05, 4.69) is 23.1 Å². The number of rotatable bonds is 5. The van der Waals surface area contributed by atoms with Gasteiger partial charge < -0.3 is 19.1 Å². The zero-order chi connectivity index (χ0) is 26.2. The molecule has 0 N–H and O–H groups in total. The number of hydrogen-bond donors (Lipinski definition) is 0. The van der Waals surface area contributed by atoms with Gasteiger partial charge in [0.2, 0.25) is 0 Å². The van der Waals surface area contributed by atoms with Crippen molar-refractivity contribution >= 4 is 23.3 Å². The van der Waals surface area contributed by atoms with Gasteiger partial charge >= 0.3 is 5.97 Å². The van der Waals surface area contributed by atoms with Crippen LogP contribution in [0.15, 0.2) is 48.7 Å². The highest BCUT2D eigenvalue weighted by Gasteiger charge is 2.43. The van der Waals surface area contributed by atoms with Gasteiger partial charge in [-0.05, 0) is 112 Å². The molecule has 1 unspecified atom stereocenters. The van der Waals surface area contributed by atoms with Gasteiger partial charge in [0, 0.05) is 23.5 Å². The topological polar surface area (TPSA) is 48.0 Å². The number of nitrogens with zero attached hydrogens (tertiary/aromatic N) is 1. The minimum Gasteiger partial charge on any atom is -0.505 e. The lowest BCUT2D eigenvalue weighted by atomic mass is 9.69. The van der Waals surface area contributed by atoms with Crippen molar-refractivity contribution in [3.05, 3.63) is 70.4 Å². The van der Waals surface area contributed by atoms with Crippen molar-refractivity contribution in [1.29, 1.82) is 0 Å². The van der Waals surface area contributed by atoms with E-state index in [1.165, 1.54) is 24.0 Å². The molecule has 0 radical (unpaired) electrons. The summed E-state index contributed by atoms with van der Waals surface area (Å²) >= 11 is 6.38. The molecule has 198 valence electrons. The largest absolute Gasteiger partial charge is 0.505 e. The Bertz CT molecular complexity index is 1190. The monoisotopic (exact) mass is 523 g/mol. The Labute approximate surface area is 225 Å². The maximum atomic E-state index is 13.0. The van der Waals surface area contributed by atoms with Crippen molar-refractivity contribution < 1.29 is 19.0 Å². The van der Waals surface area contributed by atoms with E-state index in [-0.39, 0.29) is 11.4 Å². The molecule has 0 bridgehead atoms. The summed E-state index contributed by atoms with van der Waals surface area (Å²) in [4.78, 5) is 15.4. The predicted molar refractivity (Wildman–Crippen MR) is 148 cm³/mol. The number of anilines is 1. The SMILES string of the molecule is CO/C=C/[C@@H]1CC[C@H]1CN1CC2(CCCc3cc(Cl)ccc32)COc2ccc(C(=O)OC(C)(C)C)cc21. The fourth-order valence-corrected chi connectivity index (χ4v) is 6.31. The van der Waals surface area contributed by atoms with Gasteiger partial charge in [-0.3, -0.25) is 0 Å². The molecule has 0 aromatic heterocycles. The molecule has 2 aromatic carbocycles. The van der Waals surface area contributed by atoms with E-state index >= 15 is 0 Å². The summed E-state index contributed by atoms with van der Waals surface area (Å²) in [6.45, 7) is 8.02. The first-order valence-electron chi connectivity index (χ1n) is 13.4. The number of methoxy groups -OCH3 is 1. The molecular weight excluding hydrogens is 486 g/mol.